The van der Waals surface area contributed by atoms with Gasteiger partial charge >= 0.3 is 5.97 Å². The number of rotatable bonds is 8. The van der Waals surface area contributed by atoms with E-state index in [1.807, 2.05) is 32.8 Å². The van der Waals surface area contributed by atoms with Crippen LogP contribution in [-0.4, -0.2) is 150 Å². The molecule has 18 atom stereocenters. The van der Waals surface area contributed by atoms with Crippen molar-refractivity contribution in [3.8, 4) is 0 Å². The van der Waals surface area contributed by atoms with Crippen molar-refractivity contribution in [3.63, 3.8) is 0 Å². The fourth-order valence-electron chi connectivity index (χ4n) is 8.58. The number of esters is 1. The number of hydrogen-bond acceptors (Lipinski definition) is 14. The zero-order valence-corrected chi connectivity index (χ0v) is 33.9. The molecule has 52 heavy (non-hydrogen) atoms. The third kappa shape index (κ3) is 9.38. The fraction of sp³-hybridized carbons (Fsp3) is 0.947. The van der Waals surface area contributed by atoms with Gasteiger partial charge in [0, 0.05) is 44.4 Å². The molecule has 4 N–H and O–H groups in total. The summed E-state index contributed by atoms with van der Waals surface area (Å²) in [5.74, 6) is -4.47. The average molecular weight is 748 g/mol. The summed E-state index contributed by atoms with van der Waals surface area (Å²) in [7, 11) is 6.77. The summed E-state index contributed by atoms with van der Waals surface area (Å²) in [5, 5.41) is 45.6. The molecule has 3 aliphatic heterocycles. The minimum atomic E-state index is -1.96. The first-order chi connectivity index (χ1) is 24.0. The molecule has 0 saturated carbocycles. The molecule has 5 unspecified atom stereocenters. The summed E-state index contributed by atoms with van der Waals surface area (Å²) >= 11 is 0. The number of nitrogens with zero attached hydrogens (tertiary/aromatic N) is 1. The Labute approximate surface area is 310 Å². The molecule has 14 nitrogen and oxygen atoms in total. The fourth-order valence-corrected chi connectivity index (χ4v) is 8.58. The van der Waals surface area contributed by atoms with Gasteiger partial charge in [0.25, 0.3) is 0 Å². The van der Waals surface area contributed by atoms with Crippen molar-refractivity contribution in [2.45, 2.75) is 179 Å². The van der Waals surface area contributed by atoms with E-state index in [2.05, 4.69) is 0 Å². The van der Waals surface area contributed by atoms with E-state index in [4.69, 9.17) is 33.2 Å². The molecule has 3 saturated heterocycles. The quantitative estimate of drug-likeness (QED) is 0.266. The van der Waals surface area contributed by atoms with Gasteiger partial charge < -0.3 is 58.5 Å². The largest absolute Gasteiger partial charge is 0.459 e. The van der Waals surface area contributed by atoms with E-state index in [0.29, 0.717) is 6.42 Å². The number of likely N-dealkylation sites (N-methyl/N-ethyl adjacent to an activating group) is 1. The molecule has 3 fully saturated rings. The standard InChI is InChI=1S/C38H69NO13/c1-15-26-38(10,45)31(42)21(4)28(40)19(2)17-37(9,47-14)33(52-35-29(41)25(39(11)12)16-20(3)48-35)22(5)30(23(6)34(44)50-26)51-27-18-36(8,46-13)32(43)24(7)49-27/h19-27,29-33,35,41-43,45H,15-18H2,1-14H3/t19?,20?,21-,22?,23?,24-,25-,26?,27-,29+,30-,31+,32-,33+,35-,36+,37+,38+/m0/s1. The zero-order valence-electron chi connectivity index (χ0n) is 33.9. The van der Waals surface area contributed by atoms with Crippen molar-refractivity contribution in [2.24, 2.45) is 23.7 Å². The van der Waals surface area contributed by atoms with Crippen LogP contribution in [0.2, 0.25) is 0 Å². The van der Waals surface area contributed by atoms with Gasteiger partial charge in [-0.05, 0) is 74.9 Å². The van der Waals surface area contributed by atoms with Crippen LogP contribution in [0.1, 0.15) is 94.9 Å². The molecular formula is C38H69NO13. The van der Waals surface area contributed by atoms with Crippen LogP contribution in [0.25, 0.3) is 0 Å². The van der Waals surface area contributed by atoms with Crippen LogP contribution in [0, 0.1) is 23.7 Å². The van der Waals surface area contributed by atoms with E-state index in [9.17, 15) is 30.0 Å². The number of carbonyl (C=O) groups excluding carboxylic acids is 2. The van der Waals surface area contributed by atoms with Crippen molar-refractivity contribution in [1.29, 1.82) is 0 Å². The highest BCUT2D eigenvalue weighted by Gasteiger charge is 2.54. The molecule has 0 aromatic rings. The SMILES string of the molecule is CCC1OC(=O)C(C)[C@@H](O[C@H]2C[C@@](C)(OC)[C@@H](O)[C@H](C)O2)C(C)[C@@H](O[C@@H]2OC(C)C[C@H](N(C)C)[C@H]2O)[C@](C)(OC)CC(C)C(=O)[C@H](C)[C@@H](O)[C@]1(C)O. The van der Waals surface area contributed by atoms with Crippen molar-refractivity contribution < 1.29 is 63.2 Å². The van der Waals surface area contributed by atoms with Gasteiger partial charge in [0.2, 0.25) is 0 Å². The number of carbonyl (C=O) groups is 2. The third-order valence-electron chi connectivity index (χ3n) is 12.3. The van der Waals surface area contributed by atoms with Gasteiger partial charge in [-0.25, -0.2) is 0 Å². The number of cyclic esters (lactones) is 1. The second kappa shape index (κ2) is 17.7. The minimum absolute atomic E-state index is 0.111. The Hall–Kier alpha value is -1.30. The van der Waals surface area contributed by atoms with Gasteiger partial charge in [-0.15, -0.1) is 0 Å². The molecule has 0 bridgehead atoms. The van der Waals surface area contributed by atoms with E-state index in [-0.39, 0.29) is 37.2 Å². The summed E-state index contributed by atoms with van der Waals surface area (Å²) in [6.45, 7) is 17.1. The Kier molecular flexibility index (Phi) is 15.3. The lowest BCUT2D eigenvalue weighted by Crippen LogP contribution is -2.61. The summed E-state index contributed by atoms with van der Waals surface area (Å²) in [6.07, 6.45) is -8.73. The van der Waals surface area contributed by atoms with Gasteiger partial charge in [0.05, 0.1) is 47.6 Å². The van der Waals surface area contributed by atoms with Crippen molar-refractivity contribution in [2.75, 3.05) is 28.3 Å². The van der Waals surface area contributed by atoms with Crippen LogP contribution in [-0.2, 0) is 42.7 Å². The Morgan fingerprint density at radius 3 is 1.98 bits per heavy atom. The zero-order chi connectivity index (χ0) is 39.7. The van der Waals surface area contributed by atoms with E-state index < -0.39 is 102 Å². The highest BCUT2D eigenvalue weighted by Crippen LogP contribution is 2.41. The Morgan fingerprint density at radius 1 is 0.846 bits per heavy atom. The van der Waals surface area contributed by atoms with Crippen LogP contribution in [0.5, 0.6) is 0 Å². The van der Waals surface area contributed by atoms with Gasteiger partial charge in [0.1, 0.15) is 29.7 Å². The number of methoxy groups -OCH3 is 2. The minimum Gasteiger partial charge on any atom is -0.459 e. The van der Waals surface area contributed by atoms with E-state index in [0.717, 1.165) is 0 Å². The summed E-state index contributed by atoms with van der Waals surface area (Å²) < 4.78 is 43.9. The van der Waals surface area contributed by atoms with Crippen molar-refractivity contribution >= 4 is 11.8 Å². The lowest BCUT2D eigenvalue weighted by atomic mass is 9.74. The Morgan fingerprint density at radius 2 is 1.44 bits per heavy atom. The molecule has 3 heterocycles. The Balaban J connectivity index is 2.22. The third-order valence-corrected chi connectivity index (χ3v) is 12.3. The van der Waals surface area contributed by atoms with Crippen LogP contribution in [0.15, 0.2) is 0 Å². The lowest BCUT2D eigenvalue weighted by Gasteiger charge is -2.50. The first kappa shape index (κ1) is 45.1. The number of aliphatic hydroxyl groups is 4. The number of ether oxygens (including phenoxy) is 7. The molecule has 0 aromatic carbocycles. The van der Waals surface area contributed by atoms with E-state index in [1.54, 1.807) is 48.5 Å². The van der Waals surface area contributed by atoms with Gasteiger partial charge in [-0.1, -0.05) is 27.7 Å². The first-order valence-corrected chi connectivity index (χ1v) is 18.9. The van der Waals surface area contributed by atoms with Gasteiger partial charge in [-0.2, -0.15) is 0 Å². The normalized spacial score (nSPS) is 49.0. The van der Waals surface area contributed by atoms with E-state index in [1.165, 1.54) is 21.1 Å². The number of ketones is 1. The molecule has 304 valence electrons. The summed E-state index contributed by atoms with van der Waals surface area (Å²) in [6, 6.07) is -0.283. The average Bonchev–Trinajstić information content (AvgIpc) is 3.09. The second-order valence-electron chi connectivity index (χ2n) is 16.6. The molecule has 0 spiro atoms. The monoisotopic (exact) mass is 747 g/mol. The summed E-state index contributed by atoms with van der Waals surface area (Å²) in [4.78, 5) is 30.1. The van der Waals surface area contributed by atoms with Crippen molar-refractivity contribution in [1.82, 2.24) is 4.90 Å². The topological polar surface area (TPSA) is 183 Å². The second-order valence-corrected chi connectivity index (χ2v) is 16.6. The smallest absolute Gasteiger partial charge is 0.311 e. The first-order valence-electron chi connectivity index (χ1n) is 18.9. The maximum absolute atomic E-state index is 14.2. The number of Topliss-reactive ketones (excluding diaryl/α,β-unsaturated/α-hetero) is 1. The molecule has 0 amide bonds. The number of hydrogen-bond donors (Lipinski definition) is 4. The maximum atomic E-state index is 14.2. The molecule has 0 aliphatic carbocycles. The van der Waals surface area contributed by atoms with Gasteiger partial charge in [-0.3, -0.25) is 9.59 Å². The van der Waals surface area contributed by atoms with Crippen LogP contribution >= 0.6 is 0 Å². The molecule has 3 aliphatic rings. The molecule has 0 aromatic heterocycles. The van der Waals surface area contributed by atoms with Crippen molar-refractivity contribution in [3.05, 3.63) is 0 Å². The highest BCUT2D eigenvalue weighted by atomic mass is 16.7. The molecule has 14 heteroatoms. The van der Waals surface area contributed by atoms with Crippen LogP contribution < -0.4 is 0 Å². The number of aliphatic hydroxyl groups excluding tert-OH is 3. The molecular weight excluding hydrogens is 678 g/mol. The van der Waals surface area contributed by atoms with Crippen LogP contribution in [0.4, 0.5) is 0 Å². The highest BCUT2D eigenvalue weighted by molar-refractivity contribution is 5.83. The summed E-state index contributed by atoms with van der Waals surface area (Å²) in [5.41, 5.74) is -4.24. The molecule has 0 radical (unpaired) electrons. The molecule has 3 rings (SSSR count). The predicted octanol–water partition coefficient (Wildman–Crippen LogP) is 2.44. The Bertz CT molecular complexity index is 1190. The maximum Gasteiger partial charge on any atom is 0.311 e. The van der Waals surface area contributed by atoms with Crippen LogP contribution in [0.3, 0.4) is 0 Å². The predicted molar refractivity (Wildman–Crippen MR) is 191 cm³/mol. The van der Waals surface area contributed by atoms with E-state index >= 15 is 0 Å². The van der Waals surface area contributed by atoms with Gasteiger partial charge in [0.15, 0.2) is 12.6 Å². The lowest BCUT2D eigenvalue weighted by molar-refractivity contribution is -0.319.